The van der Waals surface area contributed by atoms with Crippen molar-refractivity contribution in [3.8, 4) is 5.75 Å². The average Bonchev–Trinajstić information content (AvgIpc) is 3.35. The minimum Gasteiger partial charge on any atom is -0.489 e. The number of aryl methyl sites for hydroxylation is 2. The Morgan fingerprint density at radius 3 is 3.04 bits per heavy atom. The van der Waals surface area contributed by atoms with E-state index in [4.69, 9.17) is 9.47 Å². The van der Waals surface area contributed by atoms with Crippen LogP contribution in [0.4, 0.5) is 5.69 Å². The highest BCUT2D eigenvalue weighted by molar-refractivity contribution is 5.92. The molecule has 1 aromatic heterocycles. The molecule has 1 aliphatic rings. The van der Waals surface area contributed by atoms with E-state index in [0.29, 0.717) is 30.9 Å². The summed E-state index contributed by atoms with van der Waals surface area (Å²) in [7, 11) is 0. The van der Waals surface area contributed by atoms with Crippen LogP contribution in [0.25, 0.3) is 11.0 Å². The number of amides is 1. The van der Waals surface area contributed by atoms with E-state index in [0.717, 1.165) is 41.9 Å². The second-order valence-corrected chi connectivity index (χ2v) is 7.19. The predicted molar refractivity (Wildman–Crippen MR) is 109 cm³/mol. The van der Waals surface area contributed by atoms with E-state index in [1.807, 2.05) is 49.4 Å². The van der Waals surface area contributed by atoms with Crippen LogP contribution < -0.4 is 10.1 Å². The maximum atomic E-state index is 12.5. The van der Waals surface area contributed by atoms with Crippen LogP contribution in [0.5, 0.6) is 5.75 Å². The Bertz CT molecular complexity index is 928. The summed E-state index contributed by atoms with van der Waals surface area (Å²) >= 11 is 0. The molecule has 1 aliphatic heterocycles. The van der Waals surface area contributed by atoms with E-state index in [1.165, 1.54) is 0 Å². The van der Waals surface area contributed by atoms with Gasteiger partial charge < -0.3 is 19.8 Å². The Kier molecular flexibility index (Phi) is 5.58. The van der Waals surface area contributed by atoms with Gasteiger partial charge in [0, 0.05) is 19.4 Å². The zero-order valence-corrected chi connectivity index (χ0v) is 16.0. The first kappa shape index (κ1) is 18.5. The average molecular weight is 379 g/mol. The van der Waals surface area contributed by atoms with Crippen molar-refractivity contribution in [1.82, 2.24) is 9.97 Å². The molecule has 6 nitrogen and oxygen atoms in total. The second kappa shape index (κ2) is 8.44. The maximum absolute atomic E-state index is 12.5. The van der Waals surface area contributed by atoms with E-state index in [1.54, 1.807) is 0 Å². The number of H-pyrrole nitrogens is 1. The highest BCUT2D eigenvalue weighted by Gasteiger charge is 2.17. The van der Waals surface area contributed by atoms with Crippen LogP contribution >= 0.6 is 0 Å². The fourth-order valence-corrected chi connectivity index (χ4v) is 3.38. The lowest BCUT2D eigenvalue weighted by Gasteiger charge is -2.16. The van der Waals surface area contributed by atoms with Gasteiger partial charge in [-0.1, -0.05) is 18.2 Å². The number of imidazole rings is 1. The molecular weight excluding hydrogens is 354 g/mol. The number of carbonyl (C=O) groups is 1. The van der Waals surface area contributed by atoms with Crippen LogP contribution in [0.3, 0.4) is 0 Å². The number of benzene rings is 2. The molecule has 1 amide bonds. The zero-order chi connectivity index (χ0) is 19.3. The molecule has 28 heavy (non-hydrogen) atoms. The van der Waals surface area contributed by atoms with Gasteiger partial charge in [0.05, 0.1) is 22.8 Å². The summed E-state index contributed by atoms with van der Waals surface area (Å²) in [6.07, 6.45) is 3.13. The number of nitrogens with zero attached hydrogens (tertiary/aromatic N) is 1. The number of hydrogen-bond acceptors (Lipinski definition) is 4. The van der Waals surface area contributed by atoms with Crippen molar-refractivity contribution >= 4 is 22.6 Å². The van der Waals surface area contributed by atoms with Crippen LogP contribution in [0, 0.1) is 6.92 Å². The number of para-hydroxylation sites is 2. The molecule has 0 spiro atoms. The molecule has 0 saturated carbocycles. The van der Waals surface area contributed by atoms with E-state index < -0.39 is 0 Å². The third-order valence-electron chi connectivity index (χ3n) is 4.89. The van der Waals surface area contributed by atoms with E-state index in [-0.39, 0.29) is 12.0 Å². The first-order chi connectivity index (χ1) is 13.7. The molecule has 2 aromatic carbocycles. The maximum Gasteiger partial charge on any atom is 0.224 e. The van der Waals surface area contributed by atoms with Gasteiger partial charge in [-0.05, 0) is 49.6 Å². The van der Waals surface area contributed by atoms with Crippen LogP contribution in [0.2, 0.25) is 0 Å². The number of aromatic amines is 1. The number of rotatable bonds is 7. The molecule has 0 aliphatic carbocycles. The van der Waals surface area contributed by atoms with Gasteiger partial charge in [0.15, 0.2) is 0 Å². The first-order valence-corrected chi connectivity index (χ1v) is 9.76. The quantitative estimate of drug-likeness (QED) is 0.651. The molecule has 1 saturated heterocycles. The van der Waals surface area contributed by atoms with Crippen LogP contribution in [-0.2, 0) is 16.0 Å². The van der Waals surface area contributed by atoms with Crippen LogP contribution in [0.1, 0.15) is 30.7 Å². The van der Waals surface area contributed by atoms with Crippen molar-refractivity contribution in [2.45, 2.75) is 38.7 Å². The summed E-state index contributed by atoms with van der Waals surface area (Å²) in [6.45, 7) is 3.31. The first-order valence-electron chi connectivity index (χ1n) is 9.76. The van der Waals surface area contributed by atoms with Crippen molar-refractivity contribution in [3.05, 3.63) is 53.9 Å². The standard InChI is InChI=1S/C22H25N3O3/c1-15-8-9-19(20(13-15)28-14-16-5-4-12-27-16)25-22(26)11-10-21-23-17-6-2-3-7-18(17)24-21/h2-3,6-9,13,16H,4-5,10-12,14H2,1H3,(H,23,24)(H,25,26). The smallest absolute Gasteiger partial charge is 0.224 e. The molecule has 3 aromatic rings. The number of fused-ring (bicyclic) bond motifs is 1. The van der Waals surface area contributed by atoms with E-state index in [9.17, 15) is 4.79 Å². The predicted octanol–water partition coefficient (Wildman–Crippen LogP) is 4.00. The van der Waals surface area contributed by atoms with E-state index >= 15 is 0 Å². The molecule has 0 bridgehead atoms. The second-order valence-electron chi connectivity index (χ2n) is 7.19. The number of hydrogen-bond donors (Lipinski definition) is 2. The van der Waals surface area contributed by atoms with Crippen LogP contribution in [0.15, 0.2) is 42.5 Å². The molecule has 2 N–H and O–H groups in total. The molecule has 2 heterocycles. The molecule has 0 radical (unpaired) electrons. The fourth-order valence-electron chi connectivity index (χ4n) is 3.38. The molecule has 1 fully saturated rings. The lowest BCUT2D eigenvalue weighted by molar-refractivity contribution is -0.116. The summed E-state index contributed by atoms with van der Waals surface area (Å²) in [5, 5.41) is 2.97. The monoisotopic (exact) mass is 379 g/mol. The van der Waals surface area contributed by atoms with Gasteiger partial charge in [-0.25, -0.2) is 4.98 Å². The highest BCUT2D eigenvalue weighted by atomic mass is 16.5. The fraction of sp³-hybridized carbons (Fsp3) is 0.364. The van der Waals surface area contributed by atoms with Gasteiger partial charge in [0.2, 0.25) is 5.91 Å². The Balaban J connectivity index is 1.36. The number of ether oxygens (including phenoxy) is 2. The van der Waals surface area contributed by atoms with Gasteiger partial charge in [-0.2, -0.15) is 0 Å². The van der Waals surface area contributed by atoms with Crippen molar-refractivity contribution in [1.29, 1.82) is 0 Å². The largest absolute Gasteiger partial charge is 0.489 e. The molecular formula is C22H25N3O3. The number of nitrogens with one attached hydrogen (secondary N) is 2. The lowest BCUT2D eigenvalue weighted by atomic mass is 10.2. The van der Waals surface area contributed by atoms with E-state index in [2.05, 4.69) is 15.3 Å². The molecule has 146 valence electrons. The Morgan fingerprint density at radius 2 is 2.21 bits per heavy atom. The summed E-state index contributed by atoms with van der Waals surface area (Å²) in [5.74, 6) is 1.44. The summed E-state index contributed by atoms with van der Waals surface area (Å²) in [5.41, 5.74) is 3.68. The summed E-state index contributed by atoms with van der Waals surface area (Å²) in [6, 6.07) is 13.7. The van der Waals surface area contributed by atoms with Crippen molar-refractivity contribution < 1.29 is 14.3 Å². The van der Waals surface area contributed by atoms with Gasteiger partial charge in [-0.15, -0.1) is 0 Å². The number of anilines is 1. The highest BCUT2D eigenvalue weighted by Crippen LogP contribution is 2.27. The van der Waals surface area contributed by atoms with Gasteiger partial charge in [0.1, 0.15) is 18.2 Å². The van der Waals surface area contributed by atoms with Crippen molar-refractivity contribution in [3.63, 3.8) is 0 Å². The summed E-state index contributed by atoms with van der Waals surface area (Å²) in [4.78, 5) is 20.2. The van der Waals surface area contributed by atoms with Crippen molar-refractivity contribution in [2.75, 3.05) is 18.5 Å². The van der Waals surface area contributed by atoms with Crippen molar-refractivity contribution in [2.24, 2.45) is 0 Å². The summed E-state index contributed by atoms with van der Waals surface area (Å²) < 4.78 is 11.6. The van der Waals surface area contributed by atoms with Gasteiger partial charge in [-0.3, -0.25) is 4.79 Å². The third-order valence-corrected chi connectivity index (χ3v) is 4.89. The minimum absolute atomic E-state index is 0.0636. The Labute approximate surface area is 164 Å². The topological polar surface area (TPSA) is 76.2 Å². The lowest BCUT2D eigenvalue weighted by Crippen LogP contribution is -2.18. The Morgan fingerprint density at radius 1 is 1.32 bits per heavy atom. The van der Waals surface area contributed by atoms with Gasteiger partial charge in [0.25, 0.3) is 0 Å². The van der Waals surface area contributed by atoms with Crippen LogP contribution in [-0.4, -0.2) is 35.2 Å². The molecule has 6 heteroatoms. The number of aromatic nitrogens is 2. The molecule has 1 atom stereocenters. The zero-order valence-electron chi connectivity index (χ0n) is 16.0. The normalized spacial score (nSPS) is 16.4. The molecule has 1 unspecified atom stereocenters. The van der Waals surface area contributed by atoms with Gasteiger partial charge >= 0.3 is 0 Å². The molecule has 4 rings (SSSR count). The SMILES string of the molecule is Cc1ccc(NC(=O)CCc2nc3ccccc3[nH]2)c(OCC2CCCO2)c1. The Hall–Kier alpha value is -2.86. The minimum atomic E-state index is -0.0636. The number of carbonyl (C=O) groups excluding carboxylic acids is 1. The third kappa shape index (κ3) is 4.51.